The van der Waals surface area contributed by atoms with Crippen molar-refractivity contribution in [3.63, 3.8) is 0 Å². The van der Waals surface area contributed by atoms with Crippen molar-refractivity contribution in [2.45, 2.75) is 46.4 Å². The molecule has 240 valence electrons. The molecule has 10 nitrogen and oxygen atoms in total. The van der Waals surface area contributed by atoms with Crippen LogP contribution in [-0.4, -0.2) is 59.9 Å². The average molecular weight is 636 g/mol. The lowest BCUT2D eigenvalue weighted by molar-refractivity contribution is -0.128. The van der Waals surface area contributed by atoms with Gasteiger partial charge >= 0.3 is 20.7 Å². The number of rotatable bonds is 17. The van der Waals surface area contributed by atoms with Crippen molar-refractivity contribution < 1.29 is 41.9 Å². The van der Waals surface area contributed by atoms with E-state index in [0.717, 1.165) is 17.5 Å². The number of esters is 2. The van der Waals surface area contributed by atoms with Crippen molar-refractivity contribution in [1.82, 2.24) is 0 Å². The highest BCUT2D eigenvalue weighted by molar-refractivity contribution is 6.60. The maximum absolute atomic E-state index is 12.6. The van der Waals surface area contributed by atoms with E-state index in [9.17, 15) is 14.4 Å². The van der Waals surface area contributed by atoms with Crippen LogP contribution in [0.5, 0.6) is 5.75 Å². The Bertz CT molecular complexity index is 1390. The summed E-state index contributed by atoms with van der Waals surface area (Å²) in [5, 5.41) is 2.77. The van der Waals surface area contributed by atoms with Crippen molar-refractivity contribution in [1.29, 1.82) is 0 Å². The number of ether oxygens (including phenoxy) is 3. The molecule has 1 atom stereocenters. The van der Waals surface area contributed by atoms with Gasteiger partial charge in [0.1, 0.15) is 5.75 Å². The molecule has 1 unspecified atom stereocenters. The molecule has 0 aliphatic heterocycles. The van der Waals surface area contributed by atoms with Gasteiger partial charge in [0.15, 0.2) is 6.29 Å². The fourth-order valence-electron chi connectivity index (χ4n) is 4.24. The molecule has 0 spiro atoms. The number of methoxy groups -OCH3 is 1. The summed E-state index contributed by atoms with van der Waals surface area (Å²) in [5.74, 6) is -1.11. The summed E-state index contributed by atoms with van der Waals surface area (Å²) in [6.45, 7) is 9.06. The van der Waals surface area contributed by atoms with Crippen molar-refractivity contribution >= 4 is 38.4 Å². The number of carbonyl (C=O) groups excluding carboxylic acids is 3. The van der Waals surface area contributed by atoms with Gasteiger partial charge in [0.25, 0.3) is 5.91 Å². The smallest absolute Gasteiger partial charge is 0.432 e. The molecule has 3 aromatic carbocycles. The van der Waals surface area contributed by atoms with Crippen LogP contribution in [0.15, 0.2) is 78.9 Å². The van der Waals surface area contributed by atoms with E-state index in [1.54, 1.807) is 37.3 Å². The molecule has 3 aromatic rings. The third-order valence-electron chi connectivity index (χ3n) is 6.52. The Labute approximate surface area is 265 Å². The molecule has 0 radical (unpaired) electrons. The molecule has 0 aromatic heterocycles. The molecule has 11 heteroatoms. The number of hydrogen-bond acceptors (Lipinski definition) is 9. The second-order valence-electron chi connectivity index (χ2n) is 9.74. The summed E-state index contributed by atoms with van der Waals surface area (Å²) in [6.07, 6.45) is 3.12. The van der Waals surface area contributed by atoms with Crippen molar-refractivity contribution in [2.75, 3.05) is 32.2 Å². The minimum absolute atomic E-state index is 0.300. The normalized spacial score (nSPS) is 12.1. The molecule has 3 rings (SSSR count). The van der Waals surface area contributed by atoms with Crippen LogP contribution in [0, 0.1) is 0 Å². The minimum Gasteiger partial charge on any atom is -0.432 e. The monoisotopic (exact) mass is 635 g/mol. The molecule has 1 amide bonds. The highest BCUT2D eigenvalue weighted by atomic mass is 28.4. The van der Waals surface area contributed by atoms with Crippen LogP contribution in [0.4, 0.5) is 5.69 Å². The van der Waals surface area contributed by atoms with Gasteiger partial charge in [-0.2, -0.15) is 0 Å². The molecule has 45 heavy (non-hydrogen) atoms. The van der Waals surface area contributed by atoms with Crippen LogP contribution in [-0.2, 0) is 34.0 Å². The number of benzene rings is 3. The van der Waals surface area contributed by atoms with Crippen LogP contribution in [0.2, 0.25) is 6.04 Å². The van der Waals surface area contributed by atoms with Crippen LogP contribution >= 0.6 is 0 Å². The molecule has 0 aliphatic rings. The summed E-state index contributed by atoms with van der Waals surface area (Å²) in [4.78, 5) is 37.1. The molecule has 0 fully saturated rings. The molecule has 0 aliphatic carbocycles. The van der Waals surface area contributed by atoms with Gasteiger partial charge in [-0.3, -0.25) is 4.79 Å². The fraction of sp³-hybridized carbons (Fsp3) is 0.324. The van der Waals surface area contributed by atoms with Gasteiger partial charge in [-0.25, -0.2) is 9.59 Å². The SMILES string of the molecule is CCO[Si](CCc1ccc(/C=C/C(=O)Oc2ccc(NC(=O)c3ccc(C(=O)OC(C)OC)cc3)cc2)cc1)(OCC)OCC. The van der Waals surface area contributed by atoms with Gasteiger partial charge in [0.2, 0.25) is 0 Å². The number of amides is 1. The average Bonchev–Trinajstić information content (AvgIpc) is 3.04. The topological polar surface area (TPSA) is 119 Å². The maximum Gasteiger partial charge on any atom is 0.501 e. The first-order valence-corrected chi connectivity index (χ1v) is 16.8. The van der Waals surface area contributed by atoms with E-state index < -0.39 is 27.0 Å². The minimum atomic E-state index is -2.71. The zero-order chi connectivity index (χ0) is 32.7. The van der Waals surface area contributed by atoms with E-state index in [1.807, 2.05) is 45.0 Å². The Morgan fingerprint density at radius 1 is 0.800 bits per heavy atom. The number of carbonyl (C=O) groups is 3. The van der Waals surface area contributed by atoms with E-state index in [2.05, 4.69) is 5.32 Å². The fourth-order valence-corrected chi connectivity index (χ4v) is 6.84. The number of nitrogens with one attached hydrogen (secondary N) is 1. The van der Waals surface area contributed by atoms with E-state index in [0.29, 0.717) is 48.4 Å². The lowest BCUT2D eigenvalue weighted by Gasteiger charge is -2.28. The van der Waals surface area contributed by atoms with Gasteiger partial charge in [0, 0.05) is 50.3 Å². The van der Waals surface area contributed by atoms with Gasteiger partial charge in [0.05, 0.1) is 5.56 Å². The number of aryl methyl sites for hydroxylation is 1. The Balaban J connectivity index is 1.49. The van der Waals surface area contributed by atoms with Gasteiger partial charge < -0.3 is 32.8 Å². The molecular weight excluding hydrogens is 594 g/mol. The summed E-state index contributed by atoms with van der Waals surface area (Å²) in [7, 11) is -1.28. The van der Waals surface area contributed by atoms with Gasteiger partial charge in [-0.15, -0.1) is 0 Å². The Morgan fingerprint density at radius 2 is 1.38 bits per heavy atom. The van der Waals surface area contributed by atoms with E-state index in [1.165, 1.54) is 37.5 Å². The van der Waals surface area contributed by atoms with Crippen molar-refractivity contribution in [3.05, 3.63) is 101 Å². The first-order valence-electron chi connectivity index (χ1n) is 14.9. The van der Waals surface area contributed by atoms with E-state index in [-0.39, 0.29) is 5.91 Å². The largest absolute Gasteiger partial charge is 0.501 e. The van der Waals surface area contributed by atoms with Gasteiger partial charge in [-0.1, -0.05) is 24.3 Å². The van der Waals surface area contributed by atoms with Crippen LogP contribution in [0.3, 0.4) is 0 Å². The molecule has 1 N–H and O–H groups in total. The van der Waals surface area contributed by atoms with E-state index >= 15 is 0 Å². The summed E-state index contributed by atoms with van der Waals surface area (Å²) < 4.78 is 33.2. The predicted molar refractivity (Wildman–Crippen MR) is 173 cm³/mol. The third kappa shape index (κ3) is 11.4. The van der Waals surface area contributed by atoms with Crippen LogP contribution in [0.25, 0.3) is 6.08 Å². The van der Waals surface area contributed by atoms with Crippen molar-refractivity contribution in [2.24, 2.45) is 0 Å². The highest BCUT2D eigenvalue weighted by Crippen LogP contribution is 2.21. The van der Waals surface area contributed by atoms with E-state index in [4.69, 9.17) is 27.5 Å². The quantitative estimate of drug-likeness (QED) is 0.0600. The molecular formula is C34H41NO9Si. The summed E-state index contributed by atoms with van der Waals surface area (Å²) in [5.41, 5.74) is 3.14. The highest BCUT2D eigenvalue weighted by Gasteiger charge is 2.39. The molecule has 0 saturated heterocycles. The molecule has 0 bridgehead atoms. The lowest BCUT2D eigenvalue weighted by atomic mass is 10.1. The van der Waals surface area contributed by atoms with Crippen LogP contribution in [0.1, 0.15) is 59.5 Å². The lowest BCUT2D eigenvalue weighted by Crippen LogP contribution is -2.46. The third-order valence-corrected chi connectivity index (χ3v) is 9.57. The second kappa shape index (κ2) is 18.0. The zero-order valence-corrected chi connectivity index (χ0v) is 27.4. The predicted octanol–water partition coefficient (Wildman–Crippen LogP) is 6.30. The summed E-state index contributed by atoms with van der Waals surface area (Å²) >= 11 is 0. The Hall–Kier alpha value is -4.13. The van der Waals surface area contributed by atoms with Crippen LogP contribution < -0.4 is 10.1 Å². The first kappa shape index (κ1) is 35.3. The first-order chi connectivity index (χ1) is 21.7. The molecule has 0 saturated carbocycles. The second-order valence-corrected chi connectivity index (χ2v) is 12.5. The Morgan fingerprint density at radius 3 is 1.93 bits per heavy atom. The summed E-state index contributed by atoms with van der Waals surface area (Å²) in [6, 6.07) is 21.1. The Kier molecular flexibility index (Phi) is 14.1. The maximum atomic E-state index is 12.6. The number of hydrogen-bond donors (Lipinski definition) is 1. The standard InChI is InChI=1S/C34H41NO9Si/c1-6-40-45(41-7-2,42-8-3)24-23-27-11-9-26(10-12-27)13-22-32(36)44-31-20-18-30(19-21-31)35-33(37)28-14-16-29(17-15-28)34(38)43-25(4)39-5/h9-22,25H,6-8,23-24H2,1-5H3,(H,35,37)/b22-13+. The molecule has 0 heterocycles. The van der Waals surface area contributed by atoms with Crippen molar-refractivity contribution in [3.8, 4) is 5.75 Å². The number of anilines is 1. The zero-order valence-electron chi connectivity index (χ0n) is 26.4. The van der Waals surface area contributed by atoms with Gasteiger partial charge in [-0.05, 0) is 99.8 Å².